The summed E-state index contributed by atoms with van der Waals surface area (Å²) in [6.07, 6.45) is 0. The maximum absolute atomic E-state index is 12.6. The Bertz CT molecular complexity index is 970. The number of hydrogen-bond donors (Lipinski definition) is 2. The van der Waals surface area contributed by atoms with Crippen molar-refractivity contribution in [1.82, 2.24) is 15.3 Å². The third-order valence-electron chi connectivity index (χ3n) is 3.55. The summed E-state index contributed by atoms with van der Waals surface area (Å²) in [7, 11) is 0. The number of benzene rings is 2. The van der Waals surface area contributed by atoms with Crippen LogP contribution in [0.5, 0.6) is 0 Å². The molecule has 3 aromatic rings. The number of nitrogens with zero attached hydrogens (tertiary/aromatic N) is 2. The second-order valence-corrected chi connectivity index (χ2v) is 6.34. The fourth-order valence-electron chi connectivity index (χ4n) is 2.55. The third kappa shape index (κ3) is 3.92. The van der Waals surface area contributed by atoms with E-state index in [0.29, 0.717) is 16.5 Å². The van der Waals surface area contributed by atoms with Crippen LogP contribution in [-0.2, 0) is 0 Å². The first kappa shape index (κ1) is 17.3. The van der Waals surface area contributed by atoms with Crippen molar-refractivity contribution < 1.29 is 4.79 Å². The molecule has 0 aliphatic carbocycles. The Hall–Kier alpha value is -2.57. The SMILES string of the molecule is Cc1cc(C)nc(NC(=S)NC(=O)c2cccc3c(Cl)cccc23)n1. The number of amides is 1. The first-order chi connectivity index (χ1) is 11.9. The van der Waals surface area contributed by atoms with Crippen molar-refractivity contribution in [2.45, 2.75) is 13.8 Å². The Morgan fingerprint density at radius 2 is 1.68 bits per heavy atom. The summed E-state index contributed by atoms with van der Waals surface area (Å²) in [5.74, 6) is 0.0264. The highest BCUT2D eigenvalue weighted by Crippen LogP contribution is 2.25. The summed E-state index contributed by atoms with van der Waals surface area (Å²) in [5.41, 5.74) is 2.12. The van der Waals surface area contributed by atoms with Gasteiger partial charge in [-0.3, -0.25) is 10.1 Å². The maximum atomic E-state index is 12.6. The minimum absolute atomic E-state index is 0.133. The molecule has 0 saturated heterocycles. The van der Waals surface area contributed by atoms with Crippen LogP contribution in [0, 0.1) is 13.8 Å². The van der Waals surface area contributed by atoms with E-state index in [1.165, 1.54) is 0 Å². The number of rotatable bonds is 2. The van der Waals surface area contributed by atoms with E-state index in [0.717, 1.165) is 22.2 Å². The fourth-order valence-corrected chi connectivity index (χ4v) is 2.98. The second-order valence-electron chi connectivity index (χ2n) is 5.52. The van der Waals surface area contributed by atoms with E-state index in [1.807, 2.05) is 32.0 Å². The van der Waals surface area contributed by atoms with Gasteiger partial charge in [0.05, 0.1) is 0 Å². The Morgan fingerprint density at radius 1 is 1.04 bits per heavy atom. The zero-order valence-corrected chi connectivity index (χ0v) is 15.2. The lowest BCUT2D eigenvalue weighted by molar-refractivity contribution is 0.0979. The molecule has 1 heterocycles. The Balaban J connectivity index is 1.80. The maximum Gasteiger partial charge on any atom is 0.258 e. The summed E-state index contributed by atoms with van der Waals surface area (Å²) in [6.45, 7) is 3.72. The van der Waals surface area contributed by atoms with Crippen molar-refractivity contribution >= 4 is 51.6 Å². The molecule has 0 radical (unpaired) electrons. The summed E-state index contributed by atoms with van der Waals surface area (Å²) < 4.78 is 0. The van der Waals surface area contributed by atoms with Crippen molar-refractivity contribution in [2.24, 2.45) is 0 Å². The first-order valence-electron chi connectivity index (χ1n) is 7.56. The lowest BCUT2D eigenvalue weighted by Crippen LogP contribution is -2.34. The van der Waals surface area contributed by atoms with Gasteiger partial charge in [0.1, 0.15) is 0 Å². The van der Waals surface area contributed by atoms with Crippen LogP contribution in [0.1, 0.15) is 21.7 Å². The highest BCUT2D eigenvalue weighted by Gasteiger charge is 2.13. The predicted octanol–water partition coefficient (Wildman–Crippen LogP) is 4.03. The molecule has 0 fully saturated rings. The molecule has 7 heteroatoms. The Kier molecular flexibility index (Phi) is 4.92. The Morgan fingerprint density at radius 3 is 2.40 bits per heavy atom. The molecule has 3 rings (SSSR count). The average molecular weight is 371 g/mol. The van der Waals surface area contributed by atoms with Crippen LogP contribution in [0.25, 0.3) is 10.8 Å². The predicted molar refractivity (Wildman–Crippen MR) is 104 cm³/mol. The molecule has 1 aromatic heterocycles. The number of halogens is 1. The molecule has 0 aliphatic rings. The van der Waals surface area contributed by atoms with Crippen molar-refractivity contribution in [2.75, 3.05) is 5.32 Å². The number of anilines is 1. The van der Waals surface area contributed by atoms with Gasteiger partial charge < -0.3 is 5.32 Å². The summed E-state index contributed by atoms with van der Waals surface area (Å²) in [5, 5.41) is 7.79. The summed E-state index contributed by atoms with van der Waals surface area (Å²) in [6, 6.07) is 12.7. The molecule has 126 valence electrons. The van der Waals surface area contributed by atoms with Crippen LogP contribution in [0.4, 0.5) is 5.95 Å². The van der Waals surface area contributed by atoms with Gasteiger partial charge in [-0.05, 0) is 49.7 Å². The lowest BCUT2D eigenvalue weighted by atomic mass is 10.0. The monoisotopic (exact) mass is 370 g/mol. The largest absolute Gasteiger partial charge is 0.301 e. The topological polar surface area (TPSA) is 66.9 Å². The zero-order chi connectivity index (χ0) is 18.0. The van der Waals surface area contributed by atoms with Crippen LogP contribution in [0.3, 0.4) is 0 Å². The van der Waals surface area contributed by atoms with Gasteiger partial charge >= 0.3 is 0 Å². The van der Waals surface area contributed by atoms with Gasteiger partial charge in [-0.25, -0.2) is 9.97 Å². The third-order valence-corrected chi connectivity index (χ3v) is 4.08. The second kappa shape index (κ2) is 7.13. The van der Waals surface area contributed by atoms with Crippen LogP contribution in [0.2, 0.25) is 5.02 Å². The van der Waals surface area contributed by atoms with Crippen molar-refractivity contribution in [3.05, 3.63) is 64.4 Å². The van der Waals surface area contributed by atoms with Gasteiger partial charge in [-0.2, -0.15) is 0 Å². The molecule has 0 saturated carbocycles. The number of nitrogens with one attached hydrogen (secondary N) is 2. The zero-order valence-electron chi connectivity index (χ0n) is 13.6. The van der Waals surface area contributed by atoms with Crippen LogP contribution >= 0.6 is 23.8 Å². The quantitative estimate of drug-likeness (QED) is 0.667. The van der Waals surface area contributed by atoms with Crippen LogP contribution in [-0.4, -0.2) is 21.0 Å². The van der Waals surface area contributed by atoms with Gasteiger partial charge in [-0.1, -0.05) is 35.9 Å². The first-order valence-corrected chi connectivity index (χ1v) is 8.34. The fraction of sp³-hybridized carbons (Fsp3) is 0.111. The van der Waals surface area contributed by atoms with E-state index in [9.17, 15) is 4.79 Å². The number of carbonyl (C=O) groups excluding carboxylic acids is 1. The normalized spacial score (nSPS) is 10.5. The van der Waals surface area contributed by atoms with E-state index in [4.69, 9.17) is 23.8 Å². The number of carbonyl (C=O) groups is 1. The van der Waals surface area contributed by atoms with Crippen molar-refractivity contribution in [3.8, 4) is 0 Å². The Labute approximate surface area is 155 Å². The molecule has 0 unspecified atom stereocenters. The molecular formula is C18H15ClN4OS. The molecule has 1 amide bonds. The van der Waals surface area contributed by atoms with Crippen LogP contribution < -0.4 is 10.6 Å². The minimum atomic E-state index is -0.324. The van der Waals surface area contributed by atoms with E-state index >= 15 is 0 Å². The minimum Gasteiger partial charge on any atom is -0.301 e. The van der Waals surface area contributed by atoms with Crippen LogP contribution in [0.15, 0.2) is 42.5 Å². The summed E-state index contributed by atoms with van der Waals surface area (Å²) in [4.78, 5) is 21.1. The summed E-state index contributed by atoms with van der Waals surface area (Å²) >= 11 is 11.4. The number of aromatic nitrogens is 2. The molecular weight excluding hydrogens is 356 g/mol. The van der Waals surface area contributed by atoms with E-state index < -0.39 is 0 Å². The number of hydrogen-bond acceptors (Lipinski definition) is 4. The van der Waals surface area contributed by atoms with E-state index in [1.54, 1.807) is 24.3 Å². The van der Waals surface area contributed by atoms with Gasteiger partial charge in [0.25, 0.3) is 5.91 Å². The molecule has 2 aromatic carbocycles. The molecule has 25 heavy (non-hydrogen) atoms. The average Bonchev–Trinajstić information content (AvgIpc) is 2.53. The van der Waals surface area contributed by atoms with E-state index in [2.05, 4.69) is 20.6 Å². The molecule has 2 N–H and O–H groups in total. The number of fused-ring (bicyclic) bond motifs is 1. The lowest BCUT2D eigenvalue weighted by Gasteiger charge is -2.11. The van der Waals surface area contributed by atoms with Crippen molar-refractivity contribution in [3.63, 3.8) is 0 Å². The molecule has 0 spiro atoms. The molecule has 0 bridgehead atoms. The van der Waals surface area contributed by atoms with Gasteiger partial charge in [0, 0.05) is 27.4 Å². The van der Waals surface area contributed by atoms with Gasteiger partial charge in [-0.15, -0.1) is 0 Å². The number of aryl methyl sites for hydroxylation is 2. The highest BCUT2D eigenvalue weighted by atomic mass is 35.5. The smallest absolute Gasteiger partial charge is 0.258 e. The number of thiocarbonyl (C=S) groups is 1. The highest BCUT2D eigenvalue weighted by molar-refractivity contribution is 7.80. The van der Waals surface area contributed by atoms with Gasteiger partial charge in [0.2, 0.25) is 5.95 Å². The van der Waals surface area contributed by atoms with E-state index in [-0.39, 0.29) is 11.0 Å². The van der Waals surface area contributed by atoms with Crippen molar-refractivity contribution in [1.29, 1.82) is 0 Å². The van der Waals surface area contributed by atoms with Gasteiger partial charge in [0.15, 0.2) is 5.11 Å². The molecule has 0 atom stereocenters. The standard InChI is InChI=1S/C18H15ClN4OS/c1-10-9-11(2)21-17(20-10)23-18(25)22-16(24)14-7-3-6-13-12(14)5-4-8-15(13)19/h3-9H,1-2H3,(H2,20,21,22,23,24,25). The molecule has 5 nitrogen and oxygen atoms in total. The molecule has 0 aliphatic heterocycles.